The van der Waals surface area contributed by atoms with Gasteiger partial charge < -0.3 is 47.6 Å². The van der Waals surface area contributed by atoms with Crippen molar-refractivity contribution in [2.45, 2.75) is 62.7 Å². The maximum Gasteiger partial charge on any atom is 0.326 e. The largest absolute Gasteiger partial charge is 0.481 e. The van der Waals surface area contributed by atoms with Crippen LogP contribution >= 0.6 is 0 Å². The van der Waals surface area contributed by atoms with Crippen molar-refractivity contribution in [3.05, 3.63) is 72.1 Å². The number of para-hydroxylation sites is 2. The summed E-state index contributed by atoms with van der Waals surface area (Å²) < 4.78 is 0. The lowest BCUT2D eigenvalue weighted by Gasteiger charge is -2.25. The average molecular weight is 648 g/mol. The van der Waals surface area contributed by atoms with Gasteiger partial charge in [0.25, 0.3) is 0 Å². The molecule has 0 saturated carbocycles. The van der Waals surface area contributed by atoms with Crippen LogP contribution in [0.3, 0.4) is 0 Å². The molecule has 11 N–H and O–H groups in total. The lowest BCUT2D eigenvalue weighted by atomic mass is 10.0. The number of amides is 4. The number of aliphatic carboxylic acids is 2. The Morgan fingerprint density at radius 2 is 1.15 bits per heavy atom. The third kappa shape index (κ3) is 9.17. The Morgan fingerprint density at radius 3 is 1.70 bits per heavy atom. The van der Waals surface area contributed by atoms with Gasteiger partial charge in [0.15, 0.2) is 0 Å². The molecule has 4 amide bonds. The van der Waals surface area contributed by atoms with E-state index in [1.54, 1.807) is 12.4 Å². The van der Waals surface area contributed by atoms with Gasteiger partial charge in [0.1, 0.15) is 18.1 Å². The second-order valence-corrected chi connectivity index (χ2v) is 11.2. The molecule has 2 heterocycles. The topological polar surface area (TPSA) is 263 Å². The first-order chi connectivity index (χ1) is 22.4. The predicted molar refractivity (Wildman–Crippen MR) is 171 cm³/mol. The number of H-pyrrole nitrogens is 2. The molecule has 0 fully saturated rings. The zero-order chi connectivity index (χ0) is 34.1. The van der Waals surface area contributed by atoms with Crippen molar-refractivity contribution in [2.75, 3.05) is 0 Å². The molecule has 4 unspecified atom stereocenters. The Bertz CT molecular complexity index is 1780. The predicted octanol–water partition coefficient (Wildman–Crippen LogP) is 0.431. The Morgan fingerprint density at radius 1 is 0.660 bits per heavy atom. The van der Waals surface area contributed by atoms with Crippen LogP contribution in [0.4, 0.5) is 0 Å². The summed E-state index contributed by atoms with van der Waals surface area (Å²) in [6, 6.07) is 9.55. The van der Waals surface area contributed by atoms with E-state index in [1.165, 1.54) is 0 Å². The summed E-state index contributed by atoms with van der Waals surface area (Å²) in [6.07, 6.45) is 2.03. The third-order valence-electron chi connectivity index (χ3n) is 7.76. The molecule has 4 rings (SSSR count). The fraction of sp³-hybridized carbons (Fsp3) is 0.312. The van der Waals surface area contributed by atoms with E-state index in [2.05, 4.69) is 25.9 Å². The number of fused-ring (bicyclic) bond motifs is 2. The molecular formula is C32H37N7O8. The molecule has 2 aromatic carbocycles. The standard InChI is InChI=1S/C32H37N7O8/c33-21(13-17-15-35-22-7-3-1-5-19(17)22)29(43)39-26(14-18-16-36-23-8-4-2-6-20(18)23)31(45)37-24(9-11-27(34)40)30(44)38-25(32(46)47)10-12-28(41)42/h1-8,15-16,21,24-26,35-36H,9-14,33H2,(H2,34,40)(H,37,45)(H,38,44)(H,39,43)(H,41,42)(H,46,47). The average Bonchev–Trinajstić information content (AvgIpc) is 3.64. The number of carboxylic acids is 2. The number of aromatic amines is 2. The van der Waals surface area contributed by atoms with Gasteiger partial charge in [-0.15, -0.1) is 0 Å². The van der Waals surface area contributed by atoms with Crippen LogP contribution in [0, 0.1) is 0 Å². The maximum absolute atomic E-state index is 13.8. The van der Waals surface area contributed by atoms with E-state index < -0.39 is 72.6 Å². The fourth-order valence-electron chi connectivity index (χ4n) is 5.26. The van der Waals surface area contributed by atoms with Crippen LogP contribution in [0.25, 0.3) is 21.8 Å². The maximum atomic E-state index is 13.8. The first kappa shape index (κ1) is 34.2. The molecule has 0 spiro atoms. The van der Waals surface area contributed by atoms with E-state index in [4.69, 9.17) is 16.6 Å². The highest BCUT2D eigenvalue weighted by Crippen LogP contribution is 2.21. The Hall–Kier alpha value is -5.70. The van der Waals surface area contributed by atoms with E-state index in [1.807, 2.05) is 48.5 Å². The van der Waals surface area contributed by atoms with E-state index in [9.17, 15) is 33.9 Å². The van der Waals surface area contributed by atoms with Crippen molar-refractivity contribution >= 4 is 57.4 Å². The third-order valence-corrected chi connectivity index (χ3v) is 7.76. The molecule has 0 bridgehead atoms. The molecule has 0 aliphatic heterocycles. The fourth-order valence-corrected chi connectivity index (χ4v) is 5.26. The van der Waals surface area contributed by atoms with Crippen LogP contribution in [0.15, 0.2) is 60.9 Å². The lowest BCUT2D eigenvalue weighted by Crippen LogP contribution is -2.58. The smallest absolute Gasteiger partial charge is 0.326 e. The summed E-state index contributed by atoms with van der Waals surface area (Å²) in [7, 11) is 0. The number of carbonyl (C=O) groups is 6. The SMILES string of the molecule is NC(=O)CCC(NC(=O)C(Cc1c[nH]c2ccccc12)NC(=O)C(N)Cc1c[nH]c2ccccc12)C(=O)NC(CCC(=O)O)C(=O)O. The molecule has 4 aromatic rings. The molecule has 0 aliphatic carbocycles. The van der Waals surface area contributed by atoms with Gasteiger partial charge in [0.2, 0.25) is 23.6 Å². The Balaban J connectivity index is 1.55. The summed E-state index contributed by atoms with van der Waals surface area (Å²) in [5, 5.41) is 27.6. The molecule has 15 nitrogen and oxygen atoms in total. The van der Waals surface area contributed by atoms with Crippen LogP contribution in [0.1, 0.15) is 36.8 Å². The normalized spacial score (nSPS) is 13.7. The molecule has 0 saturated heterocycles. The second-order valence-electron chi connectivity index (χ2n) is 11.2. The number of rotatable bonds is 17. The van der Waals surface area contributed by atoms with Crippen molar-refractivity contribution in [1.82, 2.24) is 25.9 Å². The minimum Gasteiger partial charge on any atom is -0.481 e. The van der Waals surface area contributed by atoms with Gasteiger partial charge in [-0.1, -0.05) is 36.4 Å². The zero-order valence-corrected chi connectivity index (χ0v) is 25.3. The molecule has 2 aromatic heterocycles. The minimum absolute atomic E-state index is 0.0120. The van der Waals surface area contributed by atoms with Crippen molar-refractivity contribution in [3.8, 4) is 0 Å². The number of hydrogen-bond acceptors (Lipinski definition) is 7. The number of nitrogens with two attached hydrogens (primary N) is 2. The van der Waals surface area contributed by atoms with Crippen LogP contribution in [-0.4, -0.2) is 79.9 Å². The molecule has 0 aliphatic rings. The highest BCUT2D eigenvalue weighted by atomic mass is 16.4. The summed E-state index contributed by atoms with van der Waals surface area (Å²) in [6.45, 7) is 0. The van der Waals surface area contributed by atoms with Gasteiger partial charge >= 0.3 is 11.9 Å². The van der Waals surface area contributed by atoms with Crippen LogP contribution in [-0.2, 0) is 41.6 Å². The molecule has 15 heteroatoms. The molecular weight excluding hydrogens is 610 g/mol. The zero-order valence-electron chi connectivity index (χ0n) is 25.3. The van der Waals surface area contributed by atoms with E-state index in [0.29, 0.717) is 5.56 Å². The Labute approximate surface area is 268 Å². The van der Waals surface area contributed by atoms with E-state index >= 15 is 0 Å². The van der Waals surface area contributed by atoms with Crippen LogP contribution < -0.4 is 27.4 Å². The summed E-state index contributed by atoms with van der Waals surface area (Å²) in [5.74, 6) is -5.91. The molecule has 47 heavy (non-hydrogen) atoms. The summed E-state index contributed by atoms with van der Waals surface area (Å²) >= 11 is 0. The number of carbonyl (C=O) groups excluding carboxylic acids is 4. The van der Waals surface area contributed by atoms with Crippen molar-refractivity contribution in [3.63, 3.8) is 0 Å². The number of benzene rings is 2. The number of hydrogen-bond donors (Lipinski definition) is 9. The van der Waals surface area contributed by atoms with E-state index in [-0.39, 0.29) is 25.7 Å². The quantitative estimate of drug-likeness (QED) is 0.0768. The van der Waals surface area contributed by atoms with E-state index in [0.717, 1.165) is 27.4 Å². The molecule has 248 valence electrons. The first-order valence-corrected chi connectivity index (χ1v) is 14.9. The molecule has 0 radical (unpaired) electrons. The van der Waals surface area contributed by atoms with Crippen LogP contribution in [0.2, 0.25) is 0 Å². The van der Waals surface area contributed by atoms with Gasteiger partial charge in [-0.2, -0.15) is 0 Å². The van der Waals surface area contributed by atoms with Crippen molar-refractivity contribution in [1.29, 1.82) is 0 Å². The van der Waals surface area contributed by atoms with Crippen molar-refractivity contribution in [2.24, 2.45) is 11.5 Å². The minimum atomic E-state index is -1.57. The van der Waals surface area contributed by atoms with Crippen LogP contribution in [0.5, 0.6) is 0 Å². The Kier molecular flexibility index (Phi) is 11.3. The van der Waals surface area contributed by atoms with Gasteiger partial charge in [-0.25, -0.2) is 4.79 Å². The first-order valence-electron chi connectivity index (χ1n) is 14.9. The number of nitrogens with one attached hydrogen (secondary N) is 5. The lowest BCUT2D eigenvalue weighted by molar-refractivity contribution is -0.143. The molecule has 4 atom stereocenters. The van der Waals surface area contributed by atoms with Gasteiger partial charge in [0, 0.05) is 53.5 Å². The van der Waals surface area contributed by atoms with Crippen molar-refractivity contribution < 1.29 is 39.0 Å². The second kappa shape index (κ2) is 15.5. The number of aromatic nitrogens is 2. The summed E-state index contributed by atoms with van der Waals surface area (Å²) in [5.41, 5.74) is 14.7. The van der Waals surface area contributed by atoms with Gasteiger partial charge in [-0.3, -0.25) is 24.0 Å². The number of carboxylic acid groups (broad SMARTS) is 2. The summed E-state index contributed by atoms with van der Waals surface area (Å²) in [4.78, 5) is 80.8. The highest BCUT2D eigenvalue weighted by molar-refractivity contribution is 5.95. The highest BCUT2D eigenvalue weighted by Gasteiger charge is 2.31. The monoisotopic (exact) mass is 647 g/mol. The number of primary amides is 1. The van der Waals surface area contributed by atoms with Gasteiger partial charge in [-0.05, 0) is 42.5 Å². The van der Waals surface area contributed by atoms with Gasteiger partial charge in [0.05, 0.1) is 6.04 Å².